The molecule has 0 saturated heterocycles. The van der Waals surface area contributed by atoms with E-state index in [-0.39, 0.29) is 0 Å². The Morgan fingerprint density at radius 1 is 1.45 bits per heavy atom. The molecule has 2 rings (SSSR count). The second kappa shape index (κ2) is 6.15. The standard InChI is InChI=1S/C14H15ClN2O2S/c1-8-3-12(13(19-2)5-11(8)15)17-6-10-4-9(7-20-10)14(16)18/h3-5,7,17H,6H2,1-2H3,(H2,16,18). The summed E-state index contributed by atoms with van der Waals surface area (Å²) in [4.78, 5) is 12.1. The van der Waals surface area contributed by atoms with Gasteiger partial charge in [0.15, 0.2) is 0 Å². The molecule has 0 aliphatic carbocycles. The molecule has 20 heavy (non-hydrogen) atoms. The monoisotopic (exact) mass is 310 g/mol. The van der Waals surface area contributed by atoms with Crippen molar-refractivity contribution in [1.29, 1.82) is 0 Å². The molecule has 1 amide bonds. The average molecular weight is 311 g/mol. The van der Waals surface area contributed by atoms with Gasteiger partial charge in [0.25, 0.3) is 0 Å². The Hall–Kier alpha value is -1.72. The van der Waals surface area contributed by atoms with Gasteiger partial charge in [-0.05, 0) is 24.6 Å². The van der Waals surface area contributed by atoms with Crippen LogP contribution in [0.4, 0.5) is 5.69 Å². The van der Waals surface area contributed by atoms with Crippen LogP contribution in [0.1, 0.15) is 20.8 Å². The van der Waals surface area contributed by atoms with Crippen LogP contribution in [0.3, 0.4) is 0 Å². The highest BCUT2D eigenvalue weighted by Gasteiger charge is 2.08. The van der Waals surface area contributed by atoms with Crippen molar-refractivity contribution in [2.24, 2.45) is 5.73 Å². The third-order valence-electron chi connectivity index (χ3n) is 2.87. The lowest BCUT2D eigenvalue weighted by Crippen LogP contribution is -2.09. The zero-order valence-electron chi connectivity index (χ0n) is 11.2. The summed E-state index contributed by atoms with van der Waals surface area (Å²) in [6.45, 7) is 2.53. The summed E-state index contributed by atoms with van der Waals surface area (Å²) in [6.07, 6.45) is 0. The molecule has 0 spiro atoms. The second-order valence-electron chi connectivity index (χ2n) is 4.32. The molecule has 1 heterocycles. The summed E-state index contributed by atoms with van der Waals surface area (Å²) in [5.74, 6) is 0.277. The van der Waals surface area contributed by atoms with Crippen molar-refractivity contribution in [3.63, 3.8) is 0 Å². The number of primary amides is 1. The van der Waals surface area contributed by atoms with Gasteiger partial charge in [0.1, 0.15) is 5.75 Å². The van der Waals surface area contributed by atoms with Crippen molar-refractivity contribution in [1.82, 2.24) is 0 Å². The van der Waals surface area contributed by atoms with Gasteiger partial charge in [-0.3, -0.25) is 4.79 Å². The van der Waals surface area contributed by atoms with Crippen LogP contribution < -0.4 is 15.8 Å². The molecule has 0 radical (unpaired) electrons. The van der Waals surface area contributed by atoms with E-state index >= 15 is 0 Å². The molecular weight excluding hydrogens is 296 g/mol. The first-order valence-corrected chi connectivity index (χ1v) is 7.22. The van der Waals surface area contributed by atoms with Gasteiger partial charge in [-0.2, -0.15) is 0 Å². The molecule has 106 valence electrons. The fraction of sp³-hybridized carbons (Fsp3) is 0.214. The van der Waals surface area contributed by atoms with Gasteiger partial charge in [0, 0.05) is 27.9 Å². The summed E-state index contributed by atoms with van der Waals surface area (Å²) < 4.78 is 5.30. The van der Waals surface area contributed by atoms with Gasteiger partial charge in [-0.25, -0.2) is 0 Å². The number of amides is 1. The van der Waals surface area contributed by atoms with E-state index in [1.54, 1.807) is 24.6 Å². The second-order valence-corrected chi connectivity index (χ2v) is 5.72. The van der Waals surface area contributed by atoms with Crippen LogP contribution in [-0.4, -0.2) is 13.0 Å². The lowest BCUT2D eigenvalue weighted by atomic mass is 10.2. The summed E-state index contributed by atoms with van der Waals surface area (Å²) in [5, 5.41) is 5.70. The fourth-order valence-electron chi connectivity index (χ4n) is 1.76. The van der Waals surface area contributed by atoms with Crippen LogP contribution in [0.5, 0.6) is 5.75 Å². The van der Waals surface area contributed by atoms with Crippen molar-refractivity contribution >= 4 is 34.5 Å². The molecule has 0 unspecified atom stereocenters. The number of carbonyl (C=O) groups excluding carboxylic acids is 1. The van der Waals surface area contributed by atoms with Gasteiger partial charge in [0.05, 0.1) is 18.4 Å². The van der Waals surface area contributed by atoms with Crippen molar-refractivity contribution < 1.29 is 9.53 Å². The van der Waals surface area contributed by atoms with E-state index in [1.165, 1.54) is 11.3 Å². The first-order valence-electron chi connectivity index (χ1n) is 5.96. The maximum absolute atomic E-state index is 11.0. The fourth-order valence-corrected chi connectivity index (χ4v) is 2.72. The van der Waals surface area contributed by atoms with E-state index < -0.39 is 5.91 Å². The number of carbonyl (C=O) groups is 1. The van der Waals surface area contributed by atoms with Crippen LogP contribution in [0, 0.1) is 6.92 Å². The first kappa shape index (κ1) is 14.7. The quantitative estimate of drug-likeness (QED) is 0.889. The number of halogens is 1. The zero-order valence-corrected chi connectivity index (χ0v) is 12.8. The highest BCUT2D eigenvalue weighted by molar-refractivity contribution is 7.10. The molecule has 1 aromatic carbocycles. The Morgan fingerprint density at radius 3 is 2.80 bits per heavy atom. The third kappa shape index (κ3) is 3.23. The molecule has 6 heteroatoms. The SMILES string of the molecule is COc1cc(Cl)c(C)cc1NCc1cc(C(N)=O)cs1. The van der Waals surface area contributed by atoms with E-state index in [1.807, 2.05) is 13.0 Å². The van der Waals surface area contributed by atoms with Gasteiger partial charge in [-0.1, -0.05) is 11.6 Å². The molecule has 0 bridgehead atoms. The number of nitrogens with two attached hydrogens (primary N) is 1. The van der Waals surface area contributed by atoms with Gasteiger partial charge < -0.3 is 15.8 Å². The van der Waals surface area contributed by atoms with Crippen LogP contribution in [0.25, 0.3) is 0 Å². The number of methoxy groups -OCH3 is 1. The molecule has 1 aromatic heterocycles. The van der Waals surface area contributed by atoms with Crippen LogP contribution >= 0.6 is 22.9 Å². The van der Waals surface area contributed by atoms with E-state index in [4.69, 9.17) is 22.1 Å². The number of hydrogen-bond acceptors (Lipinski definition) is 4. The highest BCUT2D eigenvalue weighted by Crippen LogP contribution is 2.31. The number of benzene rings is 1. The summed E-state index contributed by atoms with van der Waals surface area (Å²) in [7, 11) is 1.60. The molecule has 0 atom stereocenters. The number of ether oxygens (including phenoxy) is 1. The Balaban J connectivity index is 2.13. The number of hydrogen-bond donors (Lipinski definition) is 2. The Morgan fingerprint density at radius 2 is 2.20 bits per heavy atom. The normalized spacial score (nSPS) is 10.3. The van der Waals surface area contributed by atoms with Crippen LogP contribution in [0.2, 0.25) is 5.02 Å². The molecule has 0 saturated carbocycles. The lowest BCUT2D eigenvalue weighted by molar-refractivity contribution is 0.100. The predicted molar refractivity (Wildman–Crippen MR) is 82.9 cm³/mol. The molecule has 0 aliphatic rings. The van der Waals surface area contributed by atoms with Gasteiger partial charge >= 0.3 is 0 Å². The van der Waals surface area contributed by atoms with Crippen molar-refractivity contribution in [2.75, 3.05) is 12.4 Å². The van der Waals surface area contributed by atoms with E-state index in [0.29, 0.717) is 22.9 Å². The number of rotatable bonds is 5. The lowest BCUT2D eigenvalue weighted by Gasteiger charge is -2.12. The van der Waals surface area contributed by atoms with E-state index in [9.17, 15) is 4.79 Å². The zero-order chi connectivity index (χ0) is 14.7. The summed E-state index contributed by atoms with van der Waals surface area (Å²) in [5.41, 5.74) is 7.60. The van der Waals surface area contributed by atoms with Crippen molar-refractivity contribution in [2.45, 2.75) is 13.5 Å². The Bertz CT molecular complexity index is 640. The number of thiophene rings is 1. The van der Waals surface area contributed by atoms with Crippen molar-refractivity contribution in [3.8, 4) is 5.75 Å². The maximum Gasteiger partial charge on any atom is 0.249 e. The van der Waals surface area contributed by atoms with Crippen molar-refractivity contribution in [3.05, 3.63) is 44.6 Å². The molecule has 2 aromatic rings. The molecule has 3 N–H and O–H groups in total. The Kier molecular flexibility index (Phi) is 4.52. The minimum atomic E-state index is -0.410. The topological polar surface area (TPSA) is 64.3 Å². The molecule has 0 aliphatic heterocycles. The van der Waals surface area contributed by atoms with Gasteiger partial charge in [-0.15, -0.1) is 11.3 Å². The number of anilines is 1. The minimum Gasteiger partial charge on any atom is -0.495 e. The third-order valence-corrected chi connectivity index (χ3v) is 4.22. The molecular formula is C14H15ClN2O2S. The van der Waals surface area contributed by atoms with Gasteiger partial charge in [0.2, 0.25) is 5.91 Å². The smallest absolute Gasteiger partial charge is 0.249 e. The van der Waals surface area contributed by atoms with E-state index in [0.717, 1.165) is 16.1 Å². The minimum absolute atomic E-state index is 0.410. The van der Waals surface area contributed by atoms with Crippen LogP contribution in [0.15, 0.2) is 23.6 Å². The average Bonchev–Trinajstić information content (AvgIpc) is 2.88. The first-order chi connectivity index (χ1) is 9.51. The number of aryl methyl sites for hydroxylation is 1. The summed E-state index contributed by atoms with van der Waals surface area (Å²) in [6, 6.07) is 5.50. The molecule has 0 fully saturated rings. The maximum atomic E-state index is 11.0. The highest BCUT2D eigenvalue weighted by atomic mass is 35.5. The molecule has 4 nitrogen and oxygen atoms in total. The number of nitrogens with one attached hydrogen (secondary N) is 1. The van der Waals surface area contributed by atoms with Crippen LogP contribution in [-0.2, 0) is 6.54 Å². The largest absolute Gasteiger partial charge is 0.495 e. The van der Waals surface area contributed by atoms with E-state index in [2.05, 4.69) is 5.32 Å². The summed E-state index contributed by atoms with van der Waals surface area (Å²) >= 11 is 7.55. The predicted octanol–water partition coefficient (Wildman–Crippen LogP) is 3.43. The Labute approximate surface area is 126 Å².